The summed E-state index contributed by atoms with van der Waals surface area (Å²) in [5.74, 6) is -5.61. The van der Waals surface area contributed by atoms with Crippen LogP contribution in [0, 0.1) is 0 Å². The highest BCUT2D eigenvalue weighted by Gasteiger charge is 2.57. The van der Waals surface area contributed by atoms with E-state index >= 15 is 0 Å². The Balaban J connectivity index is 1.71. The summed E-state index contributed by atoms with van der Waals surface area (Å²) >= 11 is 0. The number of aliphatic hydroxyl groups is 5. The molecule has 0 aromatic heterocycles. The molecule has 3 aliphatic heterocycles. The van der Waals surface area contributed by atoms with Gasteiger partial charge < -0.3 is 89.5 Å². The van der Waals surface area contributed by atoms with Crippen LogP contribution in [0.2, 0.25) is 0 Å². The van der Waals surface area contributed by atoms with Crippen LogP contribution in [-0.4, -0.2) is 194 Å². The Morgan fingerprint density at radius 3 is 1.44 bits per heavy atom. The molecular weight excluding hydrogens is 1180 g/mol. The Labute approximate surface area is 504 Å². The molecule has 3 heterocycles. The van der Waals surface area contributed by atoms with E-state index in [0.717, 1.165) is 85.0 Å². The number of esters is 2. The standard InChI is InChI=1S/C55H99N3O26P2/c1-7-9-11-13-15-17-19-21-23-25-27-29-40(63)75-32-38(78-41(64)30-28-26-24-22-20-18-16-14-12-10-8-2)33-76-85(71,72)84-86(73,74)83-54-44(58-37(6)62)46(66)49(39(31-59)79-54)80-53-43(57-36(5)61)47(67)50(51(82-53)52(69)70)81-55-48(68)45(65)42(34(3)77-55)56-35(4)60/h34,38-39,42-51,53-55,59,65-68H,7-33H2,1-6H3,(H,56,60)(H,57,61)(H,58,62)(H,69,70)(H,71,72)(H,73,74)/t34-,38-,39-,42+,43+,44-,45+,46-,47-,48-,49-,50+,51+,53-,54-,55-/m1/s1. The van der Waals surface area contributed by atoms with E-state index in [-0.39, 0.29) is 12.8 Å². The van der Waals surface area contributed by atoms with Gasteiger partial charge in [0.2, 0.25) is 17.7 Å². The van der Waals surface area contributed by atoms with Crippen molar-refractivity contribution in [3.8, 4) is 0 Å². The number of hydrogen-bond acceptors (Lipinski definition) is 23. The highest BCUT2D eigenvalue weighted by Crippen LogP contribution is 2.61. The number of amides is 3. The van der Waals surface area contributed by atoms with E-state index < -0.39 is 169 Å². The lowest BCUT2D eigenvalue weighted by molar-refractivity contribution is -0.348. The molecule has 0 aromatic rings. The maximum atomic E-state index is 13.5. The molecule has 18 atom stereocenters. The second-order valence-electron chi connectivity index (χ2n) is 22.3. The smallest absolute Gasteiger partial charge is 0.479 e. The molecule has 0 saturated carbocycles. The summed E-state index contributed by atoms with van der Waals surface area (Å²) in [5.41, 5.74) is 0. The second kappa shape index (κ2) is 40.4. The van der Waals surface area contributed by atoms with Gasteiger partial charge in [0.25, 0.3) is 0 Å². The molecule has 3 amide bonds. The lowest BCUT2D eigenvalue weighted by Crippen LogP contribution is -2.71. The third-order valence-corrected chi connectivity index (χ3v) is 17.4. The van der Waals surface area contributed by atoms with Crippen LogP contribution in [-0.2, 0) is 84.4 Å². The Hall–Kier alpha value is -3.32. The average Bonchev–Trinajstić information content (AvgIpc) is 2.29. The Morgan fingerprint density at radius 2 is 0.965 bits per heavy atom. The van der Waals surface area contributed by atoms with E-state index in [0.29, 0.717) is 12.8 Å². The number of aliphatic carboxylic acids is 1. The number of aliphatic hydroxyl groups excluding tert-OH is 5. The summed E-state index contributed by atoms with van der Waals surface area (Å²) in [6.07, 6.45) is -2.24. The van der Waals surface area contributed by atoms with Gasteiger partial charge in [-0.15, -0.1) is 0 Å². The van der Waals surface area contributed by atoms with Gasteiger partial charge >= 0.3 is 33.6 Å². The van der Waals surface area contributed by atoms with Gasteiger partial charge in [0.05, 0.1) is 25.4 Å². The zero-order chi connectivity index (χ0) is 64.0. The number of carbonyl (C=O) groups is 6. The molecule has 11 N–H and O–H groups in total. The first-order chi connectivity index (χ1) is 40.7. The third-order valence-electron chi connectivity index (χ3n) is 14.8. The van der Waals surface area contributed by atoms with Crippen LogP contribution in [0.4, 0.5) is 0 Å². The number of carboxylic acid groups (broad SMARTS) is 1. The van der Waals surface area contributed by atoms with Gasteiger partial charge in [0.1, 0.15) is 61.4 Å². The van der Waals surface area contributed by atoms with Crippen LogP contribution in [0.5, 0.6) is 0 Å². The Bertz CT molecular complexity index is 2130. The molecule has 2 unspecified atom stereocenters. The van der Waals surface area contributed by atoms with Crippen LogP contribution in [0.25, 0.3) is 0 Å². The fourth-order valence-electron chi connectivity index (χ4n) is 10.3. The van der Waals surface area contributed by atoms with Crippen LogP contribution in [0.3, 0.4) is 0 Å². The monoisotopic (exact) mass is 1280 g/mol. The van der Waals surface area contributed by atoms with Crippen molar-refractivity contribution in [3.63, 3.8) is 0 Å². The number of carboxylic acids is 1. The molecule has 500 valence electrons. The lowest BCUT2D eigenvalue weighted by Gasteiger charge is -2.49. The molecular formula is C55H99N3O26P2. The number of carbonyl (C=O) groups excluding carboxylic acids is 5. The molecule has 3 aliphatic rings. The van der Waals surface area contributed by atoms with Crippen LogP contribution < -0.4 is 16.0 Å². The van der Waals surface area contributed by atoms with Gasteiger partial charge in [-0.25, -0.2) is 13.9 Å². The topological polar surface area (TPSA) is 427 Å². The van der Waals surface area contributed by atoms with Crippen molar-refractivity contribution in [1.82, 2.24) is 16.0 Å². The number of phosphoric acid groups is 2. The Kier molecular flexibility index (Phi) is 36.2. The molecule has 0 aromatic carbocycles. The average molecular weight is 1280 g/mol. The van der Waals surface area contributed by atoms with E-state index in [1.165, 1.54) is 71.1 Å². The molecule has 0 bridgehead atoms. The van der Waals surface area contributed by atoms with E-state index in [9.17, 15) is 78.3 Å². The minimum atomic E-state index is -5.95. The number of ether oxygens (including phenoxy) is 7. The van der Waals surface area contributed by atoms with Crippen molar-refractivity contribution < 1.29 is 125 Å². The van der Waals surface area contributed by atoms with Crippen LogP contribution in [0.1, 0.15) is 196 Å². The predicted molar refractivity (Wildman–Crippen MR) is 304 cm³/mol. The Morgan fingerprint density at radius 1 is 0.523 bits per heavy atom. The summed E-state index contributed by atoms with van der Waals surface area (Å²) < 4.78 is 80.8. The van der Waals surface area contributed by atoms with Crippen LogP contribution in [0.15, 0.2) is 0 Å². The van der Waals surface area contributed by atoms with Crippen molar-refractivity contribution in [2.75, 3.05) is 19.8 Å². The number of phosphoric ester groups is 2. The van der Waals surface area contributed by atoms with Crippen molar-refractivity contribution in [3.05, 3.63) is 0 Å². The minimum Gasteiger partial charge on any atom is -0.479 e. The van der Waals surface area contributed by atoms with E-state index in [1.54, 1.807) is 0 Å². The van der Waals surface area contributed by atoms with Gasteiger partial charge in [-0.1, -0.05) is 142 Å². The SMILES string of the molecule is CCCCCCCCCCCCCC(=O)OC[C@H](COP(=O)(O)OP(=O)(O)O[C@H]1O[C@H](CO)[C@@H](O[C@@H]2O[C@H](C(=O)O)[C@@H](O[C@H]3O[C@H](C)[C@H](NC(C)=O)[C@H](O)[C@H]3O)[C@H](O)[C@@H]2NC(C)=O)[C@H](O)[C@H]1NC(C)=O)OC(=O)CCCCCCCCCCCCC. The van der Waals surface area contributed by atoms with Crippen LogP contribution >= 0.6 is 15.6 Å². The van der Waals surface area contributed by atoms with Gasteiger partial charge in [-0.2, -0.15) is 4.31 Å². The van der Waals surface area contributed by atoms with Crippen molar-refractivity contribution >= 4 is 51.3 Å². The van der Waals surface area contributed by atoms with Crippen molar-refractivity contribution in [1.29, 1.82) is 0 Å². The van der Waals surface area contributed by atoms with Crippen molar-refractivity contribution in [2.24, 2.45) is 0 Å². The summed E-state index contributed by atoms with van der Waals surface area (Å²) in [6, 6.07) is -5.01. The molecule has 3 rings (SSSR count). The van der Waals surface area contributed by atoms with Gasteiger partial charge in [0, 0.05) is 33.6 Å². The maximum absolute atomic E-state index is 13.5. The number of unbranched alkanes of at least 4 members (excludes halogenated alkanes) is 20. The number of hydrogen-bond donors (Lipinski definition) is 11. The zero-order valence-corrected chi connectivity index (χ0v) is 52.4. The molecule has 3 fully saturated rings. The largest absolute Gasteiger partial charge is 0.483 e. The highest BCUT2D eigenvalue weighted by atomic mass is 31.3. The van der Waals surface area contributed by atoms with Gasteiger partial charge in [-0.3, -0.25) is 33.0 Å². The normalized spacial score (nSPS) is 29.4. The minimum absolute atomic E-state index is 0.0432. The van der Waals surface area contributed by atoms with Gasteiger partial charge in [-0.05, 0) is 19.8 Å². The second-order valence-corrected chi connectivity index (χ2v) is 25.3. The molecule has 86 heavy (non-hydrogen) atoms. The summed E-state index contributed by atoms with van der Waals surface area (Å²) in [4.78, 5) is 96.9. The fraction of sp³-hybridized carbons (Fsp3) is 0.891. The first-order valence-electron chi connectivity index (χ1n) is 30.4. The molecule has 3 saturated heterocycles. The maximum Gasteiger partial charge on any atom is 0.483 e. The number of rotatable bonds is 43. The molecule has 0 aliphatic carbocycles. The first kappa shape index (κ1) is 76.9. The molecule has 0 radical (unpaired) electrons. The summed E-state index contributed by atoms with van der Waals surface area (Å²) in [5, 5.41) is 72.8. The fourth-order valence-corrected chi connectivity index (χ4v) is 12.5. The molecule has 29 nitrogen and oxygen atoms in total. The third kappa shape index (κ3) is 28.2. The van der Waals surface area contributed by atoms with E-state index in [4.69, 9.17) is 42.2 Å². The first-order valence-corrected chi connectivity index (χ1v) is 33.4. The quantitative estimate of drug-likeness (QED) is 0.0233. The number of nitrogens with one attached hydrogen (secondary N) is 3. The van der Waals surface area contributed by atoms with E-state index in [1.807, 2.05) is 0 Å². The van der Waals surface area contributed by atoms with Gasteiger partial charge in [0.15, 0.2) is 31.1 Å². The summed E-state index contributed by atoms with van der Waals surface area (Å²) in [7, 11) is -11.7. The summed E-state index contributed by atoms with van der Waals surface area (Å²) in [6.45, 7) is 6.00. The van der Waals surface area contributed by atoms with E-state index in [2.05, 4.69) is 34.1 Å². The predicted octanol–water partition coefficient (Wildman–Crippen LogP) is 4.09. The molecule has 0 spiro atoms. The molecule has 31 heteroatoms. The zero-order valence-electron chi connectivity index (χ0n) is 50.7. The highest BCUT2D eigenvalue weighted by molar-refractivity contribution is 7.61. The van der Waals surface area contributed by atoms with Crippen molar-refractivity contribution in [2.45, 2.75) is 294 Å². The lowest BCUT2D eigenvalue weighted by atomic mass is 9.93.